The first kappa shape index (κ1) is 14.0. The van der Waals surface area contributed by atoms with Gasteiger partial charge in [-0.05, 0) is 25.5 Å². The predicted octanol–water partition coefficient (Wildman–Crippen LogP) is 2.62. The molecule has 0 aliphatic rings. The summed E-state index contributed by atoms with van der Waals surface area (Å²) in [5.74, 6) is 0. The van der Waals surface area contributed by atoms with Crippen molar-refractivity contribution in [1.29, 1.82) is 0 Å². The van der Waals surface area contributed by atoms with Gasteiger partial charge in [0, 0.05) is 0 Å². The quantitative estimate of drug-likeness (QED) is 0.605. The molecule has 0 atom stereocenters. The second-order valence-electron chi connectivity index (χ2n) is 3.52. The van der Waals surface area contributed by atoms with E-state index in [0.717, 1.165) is 0 Å². The van der Waals surface area contributed by atoms with Crippen LogP contribution in [0, 0.1) is 0 Å². The van der Waals surface area contributed by atoms with Crippen LogP contribution >= 0.6 is 7.60 Å². The van der Waals surface area contributed by atoms with Crippen LogP contribution in [0.1, 0.15) is 19.4 Å². The number of rotatable bonds is 6. The van der Waals surface area contributed by atoms with Crippen LogP contribution in [0.4, 0.5) is 11.4 Å². The minimum atomic E-state index is -3.12. The van der Waals surface area contributed by atoms with Crippen LogP contribution in [0.15, 0.2) is 18.2 Å². The Bertz CT molecular complexity index is 413. The highest BCUT2D eigenvalue weighted by molar-refractivity contribution is 7.53. The molecule has 0 unspecified atom stereocenters. The van der Waals surface area contributed by atoms with E-state index in [2.05, 4.69) is 0 Å². The minimum absolute atomic E-state index is 0.144. The summed E-state index contributed by atoms with van der Waals surface area (Å²) in [5, 5.41) is 0. The summed E-state index contributed by atoms with van der Waals surface area (Å²) < 4.78 is 22.7. The van der Waals surface area contributed by atoms with Gasteiger partial charge in [0.1, 0.15) is 0 Å². The largest absolute Gasteiger partial charge is 0.397 e. The van der Waals surface area contributed by atoms with Crippen LogP contribution in [-0.2, 0) is 19.8 Å². The van der Waals surface area contributed by atoms with Crippen molar-refractivity contribution in [2.45, 2.75) is 20.0 Å². The number of nitrogen functional groups attached to an aromatic ring is 2. The monoisotopic (exact) mass is 258 g/mol. The van der Waals surface area contributed by atoms with Gasteiger partial charge in [0.25, 0.3) is 0 Å². The Labute approximate surface area is 102 Å². The Kier molecular flexibility index (Phi) is 5.00. The van der Waals surface area contributed by atoms with Crippen molar-refractivity contribution in [2.75, 3.05) is 24.7 Å². The van der Waals surface area contributed by atoms with Gasteiger partial charge in [-0.15, -0.1) is 0 Å². The Morgan fingerprint density at radius 2 is 1.76 bits per heavy atom. The zero-order valence-electron chi connectivity index (χ0n) is 10.2. The molecule has 0 fully saturated rings. The van der Waals surface area contributed by atoms with Crippen molar-refractivity contribution < 1.29 is 13.6 Å². The van der Waals surface area contributed by atoms with Crippen LogP contribution < -0.4 is 11.5 Å². The molecule has 0 radical (unpaired) electrons. The summed E-state index contributed by atoms with van der Waals surface area (Å²) in [5.41, 5.74) is 13.1. The molecule has 0 saturated heterocycles. The average molecular weight is 258 g/mol. The fourth-order valence-electron chi connectivity index (χ4n) is 1.50. The van der Waals surface area contributed by atoms with Gasteiger partial charge in [0.2, 0.25) is 0 Å². The molecule has 0 amide bonds. The highest BCUT2D eigenvalue weighted by Crippen LogP contribution is 2.52. The van der Waals surface area contributed by atoms with E-state index in [0.29, 0.717) is 30.2 Å². The van der Waals surface area contributed by atoms with Crippen molar-refractivity contribution >= 4 is 19.0 Å². The first-order valence-electron chi connectivity index (χ1n) is 5.53. The Morgan fingerprint density at radius 3 is 2.29 bits per heavy atom. The Balaban J connectivity index is 2.93. The zero-order chi connectivity index (χ0) is 12.9. The topological polar surface area (TPSA) is 87.6 Å². The van der Waals surface area contributed by atoms with Crippen molar-refractivity contribution in [2.24, 2.45) is 0 Å². The van der Waals surface area contributed by atoms with Crippen LogP contribution in [0.25, 0.3) is 0 Å². The van der Waals surface area contributed by atoms with Gasteiger partial charge in [-0.25, -0.2) is 0 Å². The lowest BCUT2D eigenvalue weighted by atomic mass is 10.2. The van der Waals surface area contributed by atoms with E-state index in [4.69, 9.17) is 20.5 Å². The molecule has 0 bridgehead atoms. The van der Waals surface area contributed by atoms with Crippen LogP contribution in [0.2, 0.25) is 0 Å². The van der Waals surface area contributed by atoms with Crippen molar-refractivity contribution in [3.8, 4) is 0 Å². The fraction of sp³-hybridized carbons (Fsp3) is 0.455. The van der Waals surface area contributed by atoms with Gasteiger partial charge in [-0.2, -0.15) is 0 Å². The van der Waals surface area contributed by atoms with Gasteiger partial charge in [-0.3, -0.25) is 4.57 Å². The van der Waals surface area contributed by atoms with E-state index in [1.165, 1.54) is 0 Å². The third-order valence-electron chi connectivity index (χ3n) is 2.25. The third kappa shape index (κ3) is 3.73. The number of hydrogen-bond acceptors (Lipinski definition) is 5. The minimum Gasteiger partial charge on any atom is -0.397 e. The van der Waals surface area contributed by atoms with Gasteiger partial charge >= 0.3 is 7.60 Å². The van der Waals surface area contributed by atoms with Gasteiger partial charge < -0.3 is 20.5 Å². The molecule has 1 rings (SSSR count). The molecule has 17 heavy (non-hydrogen) atoms. The molecule has 1 aromatic carbocycles. The maximum absolute atomic E-state index is 12.3. The molecule has 0 spiro atoms. The number of nitrogens with two attached hydrogens (primary N) is 2. The molecule has 0 aliphatic carbocycles. The van der Waals surface area contributed by atoms with E-state index in [1.807, 2.05) is 0 Å². The summed E-state index contributed by atoms with van der Waals surface area (Å²) in [6, 6.07) is 5.24. The average Bonchev–Trinajstić information content (AvgIpc) is 2.25. The van der Waals surface area contributed by atoms with E-state index in [-0.39, 0.29) is 6.16 Å². The van der Waals surface area contributed by atoms with Crippen molar-refractivity contribution in [1.82, 2.24) is 0 Å². The highest BCUT2D eigenvalue weighted by Gasteiger charge is 2.25. The van der Waals surface area contributed by atoms with Gasteiger partial charge in [-0.1, -0.05) is 12.1 Å². The van der Waals surface area contributed by atoms with E-state index < -0.39 is 7.60 Å². The first-order valence-corrected chi connectivity index (χ1v) is 7.26. The van der Waals surface area contributed by atoms with Crippen molar-refractivity contribution in [3.05, 3.63) is 23.8 Å². The molecular formula is C11H19N2O3P. The number of para-hydroxylation sites is 1. The second kappa shape index (κ2) is 6.05. The number of benzene rings is 1. The molecule has 1 aromatic rings. The number of anilines is 2. The van der Waals surface area contributed by atoms with Gasteiger partial charge in [0.15, 0.2) is 0 Å². The lowest BCUT2D eigenvalue weighted by Crippen LogP contribution is -2.03. The predicted molar refractivity (Wildman–Crippen MR) is 69.8 cm³/mol. The summed E-state index contributed by atoms with van der Waals surface area (Å²) in [6.45, 7) is 4.21. The Morgan fingerprint density at radius 1 is 1.18 bits per heavy atom. The fourth-order valence-corrected chi connectivity index (χ4v) is 3.24. The van der Waals surface area contributed by atoms with Gasteiger partial charge in [0.05, 0.1) is 30.8 Å². The molecule has 0 aliphatic heterocycles. The summed E-state index contributed by atoms with van der Waals surface area (Å²) in [4.78, 5) is 0. The van der Waals surface area contributed by atoms with Crippen molar-refractivity contribution in [3.63, 3.8) is 0 Å². The molecule has 0 aromatic heterocycles. The maximum atomic E-state index is 12.3. The first-order chi connectivity index (χ1) is 8.02. The van der Waals surface area contributed by atoms with Crippen LogP contribution in [0.3, 0.4) is 0 Å². The second-order valence-corrected chi connectivity index (χ2v) is 5.58. The Hall–Kier alpha value is -1.03. The molecule has 6 heteroatoms. The highest BCUT2D eigenvalue weighted by atomic mass is 31.2. The van der Waals surface area contributed by atoms with E-state index in [9.17, 15) is 4.57 Å². The lowest BCUT2D eigenvalue weighted by Gasteiger charge is -2.18. The zero-order valence-corrected chi connectivity index (χ0v) is 11.1. The van der Waals surface area contributed by atoms with E-state index in [1.54, 1.807) is 32.0 Å². The SMILES string of the molecule is CCOP(=O)(Cc1cccc(N)c1N)OCC. The van der Waals surface area contributed by atoms with E-state index >= 15 is 0 Å². The number of hydrogen-bond donors (Lipinski definition) is 2. The molecule has 0 heterocycles. The normalized spacial score (nSPS) is 11.6. The summed E-state index contributed by atoms with van der Waals surface area (Å²) >= 11 is 0. The molecule has 96 valence electrons. The third-order valence-corrected chi connectivity index (χ3v) is 4.28. The summed E-state index contributed by atoms with van der Waals surface area (Å²) in [7, 11) is -3.12. The molecule has 0 saturated carbocycles. The smallest absolute Gasteiger partial charge is 0.335 e. The molecular weight excluding hydrogens is 239 g/mol. The maximum Gasteiger partial charge on any atom is 0.335 e. The summed E-state index contributed by atoms with van der Waals surface area (Å²) in [6.07, 6.45) is 0.144. The van der Waals surface area contributed by atoms with Crippen LogP contribution in [-0.4, -0.2) is 13.2 Å². The molecule has 5 nitrogen and oxygen atoms in total. The molecule has 4 N–H and O–H groups in total. The van der Waals surface area contributed by atoms with Crippen LogP contribution in [0.5, 0.6) is 0 Å². The lowest BCUT2D eigenvalue weighted by molar-refractivity contribution is 0.219. The standard InChI is InChI=1S/C11H19N2O3P/c1-3-15-17(14,16-4-2)8-9-6-5-7-10(12)11(9)13/h5-7H,3-4,8,12-13H2,1-2H3.